The maximum atomic E-state index is 11.7. The van der Waals surface area contributed by atoms with E-state index in [9.17, 15) is 9.59 Å². The third-order valence-corrected chi connectivity index (χ3v) is 4.70. The van der Waals surface area contributed by atoms with Crippen molar-refractivity contribution in [2.24, 2.45) is 11.5 Å². The van der Waals surface area contributed by atoms with Crippen molar-refractivity contribution in [3.63, 3.8) is 0 Å². The van der Waals surface area contributed by atoms with Crippen molar-refractivity contribution in [3.05, 3.63) is 70.8 Å². The summed E-state index contributed by atoms with van der Waals surface area (Å²) in [5.74, 6) is -0.667. The Morgan fingerprint density at radius 1 is 1.07 bits per heavy atom. The number of nitrogens with two attached hydrogens (primary N) is 2. The lowest BCUT2D eigenvalue weighted by atomic mass is 10.1. The Balaban J connectivity index is 0.000000272. The van der Waals surface area contributed by atoms with Crippen LogP contribution in [0.1, 0.15) is 35.6 Å². The molecule has 7 N–H and O–H groups in total. The van der Waals surface area contributed by atoms with Gasteiger partial charge in [0.15, 0.2) is 0 Å². The molecule has 1 aliphatic rings. The van der Waals surface area contributed by atoms with E-state index in [1.54, 1.807) is 42.3 Å². The van der Waals surface area contributed by atoms with Crippen molar-refractivity contribution < 1.29 is 9.59 Å². The van der Waals surface area contributed by atoms with E-state index in [2.05, 4.69) is 34.9 Å². The minimum atomic E-state index is -0.637. The average molecular weight is 396 g/mol. The summed E-state index contributed by atoms with van der Waals surface area (Å²) in [7, 11) is 0. The van der Waals surface area contributed by atoms with E-state index in [-0.39, 0.29) is 24.2 Å². The van der Waals surface area contributed by atoms with Gasteiger partial charge in [0.2, 0.25) is 11.8 Å². The Bertz CT molecular complexity index is 826. The van der Waals surface area contributed by atoms with E-state index >= 15 is 0 Å². The van der Waals surface area contributed by atoms with Gasteiger partial charge in [-0.1, -0.05) is 48.5 Å². The topological polar surface area (TPSA) is 134 Å². The molecule has 0 fully saturated rings. The highest BCUT2D eigenvalue weighted by atomic mass is 16.2. The summed E-state index contributed by atoms with van der Waals surface area (Å²) in [5.41, 5.74) is 15.1. The van der Waals surface area contributed by atoms with E-state index in [0.717, 1.165) is 5.56 Å². The number of aryl methyl sites for hydroxylation is 2. The molecule has 0 heterocycles. The van der Waals surface area contributed by atoms with E-state index < -0.39 is 6.04 Å². The molecule has 2 aromatic rings. The van der Waals surface area contributed by atoms with Gasteiger partial charge in [0, 0.05) is 12.1 Å². The Hall–Kier alpha value is -3.19. The summed E-state index contributed by atoms with van der Waals surface area (Å²) < 4.78 is 0. The van der Waals surface area contributed by atoms with Crippen LogP contribution >= 0.6 is 0 Å². The van der Waals surface area contributed by atoms with Crippen molar-refractivity contribution >= 4 is 17.6 Å². The molecular formula is C22H29N5O2. The van der Waals surface area contributed by atoms with Crippen LogP contribution < -0.4 is 22.1 Å². The zero-order valence-corrected chi connectivity index (χ0v) is 16.7. The van der Waals surface area contributed by atoms with Gasteiger partial charge in [-0.15, -0.1) is 0 Å². The van der Waals surface area contributed by atoms with Crippen LogP contribution in [0.2, 0.25) is 0 Å². The molecule has 0 aliphatic heterocycles. The Kier molecular flexibility index (Phi) is 8.36. The van der Waals surface area contributed by atoms with E-state index in [1.807, 2.05) is 0 Å². The van der Waals surface area contributed by atoms with Crippen molar-refractivity contribution in [3.8, 4) is 0 Å². The van der Waals surface area contributed by atoms with Crippen LogP contribution in [0.5, 0.6) is 0 Å². The SMILES string of the molecule is CC(NC(=O)CN)C(=O)NCc1ccc(C(=N)N)cc1.c1ccc2c(c1)CCC2. The summed E-state index contributed by atoms with van der Waals surface area (Å²) >= 11 is 0. The van der Waals surface area contributed by atoms with Gasteiger partial charge < -0.3 is 22.1 Å². The van der Waals surface area contributed by atoms with Crippen LogP contribution in [0.3, 0.4) is 0 Å². The Morgan fingerprint density at radius 2 is 1.66 bits per heavy atom. The highest BCUT2D eigenvalue weighted by molar-refractivity contribution is 5.94. The zero-order valence-electron chi connectivity index (χ0n) is 16.7. The Labute approximate surface area is 171 Å². The first-order valence-electron chi connectivity index (χ1n) is 9.68. The average Bonchev–Trinajstić information content (AvgIpc) is 3.21. The van der Waals surface area contributed by atoms with Crippen LogP contribution in [-0.4, -0.2) is 30.2 Å². The highest BCUT2D eigenvalue weighted by Crippen LogP contribution is 2.20. The summed E-state index contributed by atoms with van der Waals surface area (Å²) in [6, 6.07) is 15.1. The molecule has 0 saturated heterocycles. The lowest BCUT2D eigenvalue weighted by Gasteiger charge is -2.13. The molecule has 0 saturated carbocycles. The predicted molar refractivity (Wildman–Crippen MR) is 114 cm³/mol. The molecule has 0 spiro atoms. The summed E-state index contributed by atoms with van der Waals surface area (Å²) in [5, 5.41) is 12.4. The number of amides is 2. The maximum absolute atomic E-state index is 11.7. The zero-order chi connectivity index (χ0) is 21.2. The van der Waals surface area contributed by atoms with Crippen molar-refractivity contribution in [1.82, 2.24) is 10.6 Å². The molecule has 154 valence electrons. The molecule has 1 unspecified atom stereocenters. The quantitative estimate of drug-likeness (QED) is 0.371. The number of amidine groups is 1. The molecule has 7 heteroatoms. The first-order chi connectivity index (χ1) is 13.9. The fraction of sp³-hybridized carbons (Fsp3) is 0.318. The molecule has 1 atom stereocenters. The van der Waals surface area contributed by atoms with E-state index in [1.165, 1.54) is 19.3 Å². The second kappa shape index (κ2) is 11.0. The fourth-order valence-corrected chi connectivity index (χ4v) is 3.02. The van der Waals surface area contributed by atoms with Crippen LogP contribution in [0, 0.1) is 5.41 Å². The predicted octanol–water partition coefficient (Wildman–Crippen LogP) is 1.23. The third kappa shape index (κ3) is 7.04. The van der Waals surface area contributed by atoms with Gasteiger partial charge in [0.1, 0.15) is 11.9 Å². The molecule has 3 rings (SSSR count). The van der Waals surface area contributed by atoms with E-state index in [4.69, 9.17) is 16.9 Å². The lowest BCUT2D eigenvalue weighted by Crippen LogP contribution is -2.46. The first-order valence-corrected chi connectivity index (χ1v) is 9.68. The first kappa shape index (κ1) is 22.1. The number of hydrogen-bond acceptors (Lipinski definition) is 4. The summed E-state index contributed by atoms with van der Waals surface area (Å²) in [6.07, 6.45) is 3.96. The van der Waals surface area contributed by atoms with Gasteiger partial charge in [-0.05, 0) is 42.9 Å². The molecule has 0 radical (unpaired) electrons. The number of nitrogen functional groups attached to an aromatic ring is 1. The van der Waals surface area contributed by atoms with Gasteiger partial charge >= 0.3 is 0 Å². The number of benzene rings is 2. The van der Waals surface area contributed by atoms with Gasteiger partial charge in [-0.3, -0.25) is 15.0 Å². The minimum absolute atomic E-state index is 0.00120. The van der Waals surface area contributed by atoms with Crippen LogP contribution in [0.15, 0.2) is 48.5 Å². The van der Waals surface area contributed by atoms with Crippen LogP contribution in [-0.2, 0) is 29.0 Å². The van der Waals surface area contributed by atoms with Crippen LogP contribution in [0.25, 0.3) is 0 Å². The smallest absolute Gasteiger partial charge is 0.242 e. The van der Waals surface area contributed by atoms with Crippen LogP contribution in [0.4, 0.5) is 0 Å². The summed E-state index contributed by atoms with van der Waals surface area (Å²) in [6.45, 7) is 1.77. The molecule has 2 aromatic carbocycles. The summed E-state index contributed by atoms with van der Waals surface area (Å²) in [4.78, 5) is 22.8. The van der Waals surface area contributed by atoms with Crippen molar-refractivity contribution in [1.29, 1.82) is 5.41 Å². The monoisotopic (exact) mass is 395 g/mol. The second-order valence-corrected chi connectivity index (χ2v) is 6.94. The van der Waals surface area contributed by atoms with Crippen molar-refractivity contribution in [2.75, 3.05) is 6.54 Å². The van der Waals surface area contributed by atoms with Crippen molar-refractivity contribution in [2.45, 2.75) is 38.8 Å². The molecule has 1 aliphatic carbocycles. The lowest BCUT2D eigenvalue weighted by molar-refractivity contribution is -0.128. The number of rotatable bonds is 6. The number of carbonyl (C=O) groups is 2. The molecule has 2 amide bonds. The maximum Gasteiger partial charge on any atom is 0.242 e. The van der Waals surface area contributed by atoms with Gasteiger partial charge in [-0.25, -0.2) is 0 Å². The number of hydrogen-bond donors (Lipinski definition) is 5. The molecule has 0 aromatic heterocycles. The molecule has 29 heavy (non-hydrogen) atoms. The Morgan fingerprint density at radius 3 is 2.17 bits per heavy atom. The molecular weight excluding hydrogens is 366 g/mol. The fourth-order valence-electron chi connectivity index (χ4n) is 3.02. The largest absolute Gasteiger partial charge is 0.384 e. The highest BCUT2D eigenvalue weighted by Gasteiger charge is 2.14. The second-order valence-electron chi connectivity index (χ2n) is 6.94. The van der Waals surface area contributed by atoms with Gasteiger partial charge in [0.05, 0.1) is 6.54 Å². The number of fused-ring (bicyclic) bond motifs is 1. The normalized spacial score (nSPS) is 12.8. The number of carbonyl (C=O) groups excluding carboxylic acids is 2. The minimum Gasteiger partial charge on any atom is -0.384 e. The van der Waals surface area contributed by atoms with Gasteiger partial charge in [-0.2, -0.15) is 0 Å². The number of nitrogens with one attached hydrogen (secondary N) is 3. The van der Waals surface area contributed by atoms with Gasteiger partial charge in [0.25, 0.3) is 0 Å². The molecule has 7 nitrogen and oxygen atoms in total. The standard InChI is InChI=1S/C13H19N5O2.C9H10/c1-8(18-11(19)6-14)13(20)17-7-9-2-4-10(5-3-9)12(15)16;1-2-5-9-7-3-6-8(9)4-1/h2-5,8H,6-7,14H2,1H3,(H3,15,16)(H,17,20)(H,18,19);1-2,4-5H,3,6-7H2. The third-order valence-electron chi connectivity index (χ3n) is 4.70. The molecule has 0 bridgehead atoms. The van der Waals surface area contributed by atoms with E-state index in [0.29, 0.717) is 12.1 Å².